The van der Waals surface area contributed by atoms with Gasteiger partial charge in [0.25, 0.3) is 0 Å². The molecule has 0 radical (unpaired) electrons. The van der Waals surface area contributed by atoms with Crippen molar-refractivity contribution in [2.24, 2.45) is 0 Å². The van der Waals surface area contributed by atoms with Crippen molar-refractivity contribution in [1.82, 2.24) is 9.80 Å². The van der Waals surface area contributed by atoms with Crippen molar-refractivity contribution in [3.63, 3.8) is 0 Å². The van der Waals surface area contributed by atoms with Gasteiger partial charge >= 0.3 is 0 Å². The van der Waals surface area contributed by atoms with Crippen LogP contribution in [0.15, 0.2) is 0 Å². The first-order valence-electron chi connectivity index (χ1n) is 4.40. The molecule has 0 bridgehead atoms. The molecule has 14 heavy (non-hydrogen) atoms. The van der Waals surface area contributed by atoms with Crippen molar-refractivity contribution < 1.29 is 4.79 Å². The largest absolute Gasteiger partial charge is 0.339 e. The molecule has 6 heteroatoms. The van der Waals surface area contributed by atoms with Crippen LogP contribution in [-0.2, 0) is 4.79 Å². The van der Waals surface area contributed by atoms with Gasteiger partial charge in [0.05, 0.1) is 0 Å². The Morgan fingerprint density at radius 1 is 1.14 bits per heavy atom. The highest BCUT2D eigenvalue weighted by Gasteiger charge is 2.19. The van der Waals surface area contributed by atoms with E-state index in [1.165, 1.54) is 0 Å². The fourth-order valence-electron chi connectivity index (χ4n) is 1.42. The molecule has 0 aromatic heterocycles. The van der Waals surface area contributed by atoms with Crippen LogP contribution >= 0.6 is 35.6 Å². The van der Waals surface area contributed by atoms with Crippen molar-refractivity contribution >= 4 is 41.5 Å². The molecular formula is C8H15Cl3N2O. The summed E-state index contributed by atoms with van der Waals surface area (Å²) in [5.74, 6) is 0.783. The fraction of sp³-hybridized carbons (Fsp3) is 0.875. The molecule has 84 valence electrons. The quantitative estimate of drug-likeness (QED) is 0.709. The number of halogens is 3. The summed E-state index contributed by atoms with van der Waals surface area (Å²) in [5.41, 5.74) is 0. The number of hydrogen-bond acceptors (Lipinski definition) is 2. The minimum Gasteiger partial charge on any atom is -0.339 e. The lowest BCUT2D eigenvalue weighted by Crippen LogP contribution is -2.49. The first-order valence-corrected chi connectivity index (χ1v) is 5.47. The molecule has 0 aliphatic carbocycles. The Labute approximate surface area is 101 Å². The van der Waals surface area contributed by atoms with E-state index in [1.54, 1.807) is 4.90 Å². The normalized spacial score (nSPS) is 17.7. The van der Waals surface area contributed by atoms with E-state index >= 15 is 0 Å². The molecule has 0 aromatic rings. The highest BCUT2D eigenvalue weighted by atomic mass is 35.5. The van der Waals surface area contributed by atoms with Crippen molar-refractivity contribution in [2.75, 3.05) is 44.5 Å². The highest BCUT2D eigenvalue weighted by Crippen LogP contribution is 2.02. The number of alkyl halides is 2. The SMILES string of the molecule is Cl.O=C(CCl)N1CCN(CCCl)CC1. The van der Waals surface area contributed by atoms with Crippen LogP contribution in [0.3, 0.4) is 0 Å². The van der Waals surface area contributed by atoms with Gasteiger partial charge in [-0.05, 0) is 0 Å². The summed E-state index contributed by atoms with van der Waals surface area (Å²) >= 11 is 11.1. The van der Waals surface area contributed by atoms with Crippen LogP contribution in [0.2, 0.25) is 0 Å². The third kappa shape index (κ3) is 4.22. The fourth-order valence-corrected chi connectivity index (χ4v) is 1.83. The van der Waals surface area contributed by atoms with Gasteiger partial charge in [0.1, 0.15) is 5.88 Å². The summed E-state index contributed by atoms with van der Waals surface area (Å²) in [5, 5.41) is 0. The molecule has 0 atom stereocenters. The van der Waals surface area contributed by atoms with Gasteiger partial charge in [0, 0.05) is 38.6 Å². The van der Waals surface area contributed by atoms with Crippen molar-refractivity contribution in [2.45, 2.75) is 0 Å². The van der Waals surface area contributed by atoms with Crippen molar-refractivity contribution in [3.05, 3.63) is 0 Å². The van der Waals surface area contributed by atoms with E-state index in [4.69, 9.17) is 23.2 Å². The number of rotatable bonds is 3. The van der Waals surface area contributed by atoms with Gasteiger partial charge in [-0.15, -0.1) is 35.6 Å². The second-order valence-corrected chi connectivity index (χ2v) is 3.69. The monoisotopic (exact) mass is 260 g/mol. The van der Waals surface area contributed by atoms with Gasteiger partial charge in [-0.3, -0.25) is 9.69 Å². The van der Waals surface area contributed by atoms with Crippen molar-refractivity contribution in [3.8, 4) is 0 Å². The van der Waals surface area contributed by atoms with E-state index in [0.29, 0.717) is 5.88 Å². The smallest absolute Gasteiger partial charge is 0.237 e. The van der Waals surface area contributed by atoms with Crippen LogP contribution in [0.1, 0.15) is 0 Å². The summed E-state index contributed by atoms with van der Waals surface area (Å²) in [7, 11) is 0. The summed E-state index contributed by atoms with van der Waals surface area (Å²) in [6, 6.07) is 0. The van der Waals surface area contributed by atoms with E-state index in [0.717, 1.165) is 32.7 Å². The molecule has 0 unspecified atom stereocenters. The van der Waals surface area contributed by atoms with Gasteiger partial charge in [-0.2, -0.15) is 0 Å². The lowest BCUT2D eigenvalue weighted by Gasteiger charge is -2.33. The molecular weight excluding hydrogens is 246 g/mol. The van der Waals surface area contributed by atoms with Crippen LogP contribution in [0.25, 0.3) is 0 Å². The highest BCUT2D eigenvalue weighted by molar-refractivity contribution is 6.27. The van der Waals surface area contributed by atoms with E-state index < -0.39 is 0 Å². The van der Waals surface area contributed by atoms with Gasteiger partial charge < -0.3 is 4.90 Å². The number of carbonyl (C=O) groups excluding carboxylic acids is 1. The number of piperazine rings is 1. The molecule has 3 nitrogen and oxygen atoms in total. The Morgan fingerprint density at radius 3 is 2.14 bits per heavy atom. The van der Waals surface area contributed by atoms with Crippen LogP contribution in [0, 0.1) is 0 Å². The predicted octanol–water partition coefficient (Wildman–Crippen LogP) is 1.03. The predicted molar refractivity (Wildman–Crippen MR) is 61.7 cm³/mol. The van der Waals surface area contributed by atoms with E-state index in [1.807, 2.05) is 0 Å². The summed E-state index contributed by atoms with van der Waals surface area (Å²) in [4.78, 5) is 15.2. The zero-order chi connectivity index (χ0) is 9.68. The first kappa shape index (κ1) is 14.3. The maximum Gasteiger partial charge on any atom is 0.237 e. The van der Waals surface area contributed by atoms with Gasteiger partial charge in [-0.1, -0.05) is 0 Å². The minimum absolute atomic E-state index is 0. The number of amides is 1. The molecule has 1 aliphatic rings. The summed E-state index contributed by atoms with van der Waals surface area (Å²) < 4.78 is 0. The molecule has 1 amide bonds. The third-order valence-electron chi connectivity index (χ3n) is 2.24. The Hall–Kier alpha value is 0.300. The van der Waals surface area contributed by atoms with Crippen LogP contribution in [0.4, 0.5) is 0 Å². The molecule has 0 saturated carbocycles. The number of hydrogen-bond donors (Lipinski definition) is 0. The third-order valence-corrected chi connectivity index (χ3v) is 2.64. The lowest BCUT2D eigenvalue weighted by molar-refractivity contribution is -0.130. The van der Waals surface area contributed by atoms with Gasteiger partial charge in [0.2, 0.25) is 5.91 Å². The topological polar surface area (TPSA) is 23.6 Å². The van der Waals surface area contributed by atoms with E-state index in [9.17, 15) is 4.79 Å². The minimum atomic E-state index is 0. The standard InChI is InChI=1S/C8H14Cl2N2O.ClH/c9-1-2-11-3-5-12(6-4-11)8(13)7-10;/h1-7H2;1H. The summed E-state index contributed by atoms with van der Waals surface area (Å²) in [6.07, 6.45) is 0. The second-order valence-electron chi connectivity index (χ2n) is 3.05. The van der Waals surface area contributed by atoms with Crippen LogP contribution in [0.5, 0.6) is 0 Å². The van der Waals surface area contributed by atoms with Crippen LogP contribution < -0.4 is 0 Å². The first-order chi connectivity index (χ1) is 6.27. The summed E-state index contributed by atoms with van der Waals surface area (Å²) in [6.45, 7) is 4.29. The second kappa shape index (κ2) is 7.57. The average molecular weight is 262 g/mol. The van der Waals surface area contributed by atoms with E-state index in [-0.39, 0.29) is 24.2 Å². The lowest BCUT2D eigenvalue weighted by atomic mass is 10.3. The number of carbonyl (C=O) groups is 1. The zero-order valence-electron chi connectivity index (χ0n) is 7.92. The Balaban J connectivity index is 0.00000169. The maximum absolute atomic E-state index is 11.2. The van der Waals surface area contributed by atoms with Gasteiger partial charge in [-0.25, -0.2) is 0 Å². The molecule has 0 spiro atoms. The zero-order valence-corrected chi connectivity index (χ0v) is 10.2. The Kier molecular flexibility index (Phi) is 7.74. The van der Waals surface area contributed by atoms with Crippen LogP contribution in [-0.4, -0.2) is 60.2 Å². The Morgan fingerprint density at radius 2 is 1.71 bits per heavy atom. The molecule has 1 aliphatic heterocycles. The molecule has 0 aromatic carbocycles. The molecule has 1 fully saturated rings. The van der Waals surface area contributed by atoms with Gasteiger partial charge in [0.15, 0.2) is 0 Å². The molecule has 1 heterocycles. The molecule has 0 N–H and O–H groups in total. The Bertz CT molecular complexity index is 172. The maximum atomic E-state index is 11.2. The average Bonchev–Trinajstić information content (AvgIpc) is 2.18. The molecule has 1 saturated heterocycles. The number of nitrogens with zero attached hydrogens (tertiary/aromatic N) is 2. The van der Waals surface area contributed by atoms with E-state index in [2.05, 4.69) is 4.90 Å². The van der Waals surface area contributed by atoms with Crippen molar-refractivity contribution in [1.29, 1.82) is 0 Å². The molecule has 1 rings (SSSR count).